The molecule has 0 saturated carbocycles. The van der Waals surface area contributed by atoms with Gasteiger partial charge in [-0.2, -0.15) is 0 Å². The molecule has 2 aromatic rings. The highest BCUT2D eigenvalue weighted by molar-refractivity contribution is 9.10. The monoisotopic (exact) mass is 309 g/mol. The lowest BCUT2D eigenvalue weighted by atomic mass is 10.1. The molecular weight excluding hydrogens is 294 g/mol. The van der Waals surface area contributed by atoms with Crippen LogP contribution in [0, 0.1) is 6.92 Å². The molecule has 0 radical (unpaired) electrons. The standard InChI is InChI=1S/C13H16BrN3O/c1-3-7-15-8-11-16-17-13(18-11)10-6-4-5-9(2)12(10)14/h4-6,15H,3,7-8H2,1-2H3. The number of hydrogen-bond acceptors (Lipinski definition) is 4. The van der Waals surface area contributed by atoms with Gasteiger partial charge < -0.3 is 9.73 Å². The van der Waals surface area contributed by atoms with Gasteiger partial charge in [0.2, 0.25) is 11.8 Å². The van der Waals surface area contributed by atoms with Crippen molar-refractivity contribution in [1.82, 2.24) is 15.5 Å². The fourth-order valence-corrected chi connectivity index (χ4v) is 2.05. The molecule has 0 aliphatic heterocycles. The maximum atomic E-state index is 5.64. The summed E-state index contributed by atoms with van der Waals surface area (Å²) in [6, 6.07) is 5.98. The lowest BCUT2D eigenvalue weighted by Gasteiger charge is -2.02. The second-order valence-electron chi connectivity index (χ2n) is 4.11. The average molecular weight is 310 g/mol. The van der Waals surface area contributed by atoms with Gasteiger partial charge in [-0.25, -0.2) is 0 Å². The van der Waals surface area contributed by atoms with E-state index in [1.807, 2.05) is 25.1 Å². The van der Waals surface area contributed by atoms with Gasteiger partial charge in [0.1, 0.15) is 0 Å². The first kappa shape index (κ1) is 13.2. The molecule has 0 amide bonds. The number of aryl methyl sites for hydroxylation is 1. The molecule has 0 aliphatic rings. The summed E-state index contributed by atoms with van der Waals surface area (Å²) in [6.45, 7) is 5.72. The Morgan fingerprint density at radius 1 is 1.33 bits per heavy atom. The maximum absolute atomic E-state index is 5.64. The summed E-state index contributed by atoms with van der Waals surface area (Å²) in [7, 11) is 0. The molecule has 0 unspecified atom stereocenters. The van der Waals surface area contributed by atoms with E-state index in [4.69, 9.17) is 4.42 Å². The highest BCUT2D eigenvalue weighted by Crippen LogP contribution is 2.29. The van der Waals surface area contributed by atoms with Gasteiger partial charge in [0, 0.05) is 4.47 Å². The number of benzene rings is 1. The van der Waals surface area contributed by atoms with E-state index in [1.165, 1.54) is 0 Å². The third kappa shape index (κ3) is 2.97. The Morgan fingerprint density at radius 3 is 2.94 bits per heavy atom. The molecule has 1 aromatic heterocycles. The predicted octanol–water partition coefficient (Wildman–Crippen LogP) is 3.31. The van der Waals surface area contributed by atoms with Crippen LogP contribution in [-0.2, 0) is 6.54 Å². The highest BCUT2D eigenvalue weighted by atomic mass is 79.9. The van der Waals surface area contributed by atoms with Crippen LogP contribution in [0.4, 0.5) is 0 Å². The van der Waals surface area contributed by atoms with Gasteiger partial charge >= 0.3 is 0 Å². The summed E-state index contributed by atoms with van der Waals surface area (Å²) < 4.78 is 6.64. The van der Waals surface area contributed by atoms with Crippen molar-refractivity contribution in [2.24, 2.45) is 0 Å². The van der Waals surface area contributed by atoms with Crippen LogP contribution < -0.4 is 5.32 Å². The number of nitrogens with zero attached hydrogens (tertiary/aromatic N) is 2. The summed E-state index contributed by atoms with van der Waals surface area (Å²) in [5, 5.41) is 11.3. The van der Waals surface area contributed by atoms with Crippen LogP contribution in [-0.4, -0.2) is 16.7 Å². The Balaban J connectivity index is 2.16. The van der Waals surface area contributed by atoms with E-state index >= 15 is 0 Å². The molecule has 0 fully saturated rings. The highest BCUT2D eigenvalue weighted by Gasteiger charge is 2.12. The number of rotatable bonds is 5. The summed E-state index contributed by atoms with van der Waals surface area (Å²) in [6.07, 6.45) is 1.09. The largest absolute Gasteiger partial charge is 0.419 e. The van der Waals surface area contributed by atoms with E-state index in [9.17, 15) is 0 Å². The number of hydrogen-bond donors (Lipinski definition) is 1. The van der Waals surface area contributed by atoms with Crippen molar-refractivity contribution in [1.29, 1.82) is 0 Å². The van der Waals surface area contributed by atoms with E-state index < -0.39 is 0 Å². The first-order valence-electron chi connectivity index (χ1n) is 6.01. The van der Waals surface area contributed by atoms with Crippen molar-refractivity contribution in [2.75, 3.05) is 6.54 Å². The smallest absolute Gasteiger partial charge is 0.248 e. The van der Waals surface area contributed by atoms with Gasteiger partial charge in [0.15, 0.2) is 0 Å². The van der Waals surface area contributed by atoms with Gasteiger partial charge in [-0.05, 0) is 47.4 Å². The Kier molecular flexibility index (Phi) is 4.49. The minimum absolute atomic E-state index is 0.555. The Hall–Kier alpha value is -1.20. The van der Waals surface area contributed by atoms with Gasteiger partial charge in [0.25, 0.3) is 0 Å². The summed E-state index contributed by atoms with van der Waals surface area (Å²) in [5.74, 6) is 1.17. The second kappa shape index (κ2) is 6.11. The topological polar surface area (TPSA) is 51.0 Å². The van der Waals surface area contributed by atoms with Crippen LogP contribution in [0.15, 0.2) is 27.1 Å². The Labute approximate surface area is 115 Å². The molecule has 18 heavy (non-hydrogen) atoms. The first-order valence-corrected chi connectivity index (χ1v) is 6.80. The van der Waals surface area contributed by atoms with Gasteiger partial charge in [-0.15, -0.1) is 10.2 Å². The van der Waals surface area contributed by atoms with Crippen molar-refractivity contribution >= 4 is 15.9 Å². The molecule has 0 saturated heterocycles. The van der Waals surface area contributed by atoms with Crippen LogP contribution >= 0.6 is 15.9 Å². The van der Waals surface area contributed by atoms with Crippen molar-refractivity contribution in [2.45, 2.75) is 26.8 Å². The van der Waals surface area contributed by atoms with E-state index in [0.29, 0.717) is 18.3 Å². The van der Waals surface area contributed by atoms with Crippen molar-refractivity contribution < 1.29 is 4.42 Å². The molecule has 96 valence electrons. The zero-order chi connectivity index (χ0) is 13.0. The van der Waals surface area contributed by atoms with Crippen molar-refractivity contribution in [3.05, 3.63) is 34.1 Å². The molecule has 0 spiro atoms. The molecule has 1 aromatic carbocycles. The molecule has 4 nitrogen and oxygen atoms in total. The lowest BCUT2D eigenvalue weighted by Crippen LogP contribution is -2.13. The van der Waals surface area contributed by atoms with E-state index in [0.717, 1.165) is 28.6 Å². The van der Waals surface area contributed by atoms with E-state index in [-0.39, 0.29) is 0 Å². The zero-order valence-electron chi connectivity index (χ0n) is 10.5. The van der Waals surface area contributed by atoms with Crippen LogP contribution in [0.5, 0.6) is 0 Å². The quantitative estimate of drug-likeness (QED) is 0.861. The fraction of sp³-hybridized carbons (Fsp3) is 0.385. The number of halogens is 1. The molecule has 0 bridgehead atoms. The fourth-order valence-electron chi connectivity index (χ4n) is 1.62. The molecule has 5 heteroatoms. The van der Waals surface area contributed by atoms with Gasteiger partial charge in [0.05, 0.1) is 12.1 Å². The SMILES string of the molecule is CCCNCc1nnc(-c2cccc(C)c2Br)o1. The number of nitrogens with one attached hydrogen (secondary N) is 1. The van der Waals surface area contributed by atoms with E-state index in [2.05, 4.69) is 38.4 Å². The van der Waals surface area contributed by atoms with E-state index in [1.54, 1.807) is 0 Å². The average Bonchev–Trinajstić information content (AvgIpc) is 2.82. The number of aromatic nitrogens is 2. The summed E-state index contributed by atoms with van der Waals surface area (Å²) in [4.78, 5) is 0. The van der Waals surface area contributed by atoms with Gasteiger partial charge in [-0.1, -0.05) is 19.1 Å². The first-order chi connectivity index (χ1) is 8.72. The third-order valence-corrected chi connectivity index (χ3v) is 3.64. The second-order valence-corrected chi connectivity index (χ2v) is 4.91. The molecule has 0 atom stereocenters. The minimum Gasteiger partial charge on any atom is -0.419 e. The Morgan fingerprint density at radius 2 is 2.17 bits per heavy atom. The maximum Gasteiger partial charge on any atom is 0.248 e. The van der Waals surface area contributed by atoms with Gasteiger partial charge in [-0.3, -0.25) is 0 Å². The molecular formula is C13H16BrN3O. The van der Waals surface area contributed by atoms with Crippen molar-refractivity contribution in [3.63, 3.8) is 0 Å². The summed E-state index contributed by atoms with van der Waals surface area (Å²) in [5.41, 5.74) is 2.08. The van der Waals surface area contributed by atoms with Crippen LogP contribution in [0.1, 0.15) is 24.8 Å². The third-order valence-electron chi connectivity index (χ3n) is 2.59. The Bertz CT molecular complexity index is 525. The summed E-state index contributed by atoms with van der Waals surface area (Å²) >= 11 is 3.55. The molecule has 2 rings (SSSR count). The predicted molar refractivity (Wildman–Crippen MR) is 74.2 cm³/mol. The zero-order valence-corrected chi connectivity index (χ0v) is 12.1. The normalized spacial score (nSPS) is 10.8. The molecule has 0 aliphatic carbocycles. The molecule has 1 N–H and O–H groups in total. The van der Waals surface area contributed by atoms with Crippen LogP contribution in [0.25, 0.3) is 11.5 Å². The molecule has 1 heterocycles. The van der Waals surface area contributed by atoms with Crippen LogP contribution in [0.2, 0.25) is 0 Å². The minimum atomic E-state index is 0.555. The van der Waals surface area contributed by atoms with Crippen molar-refractivity contribution in [3.8, 4) is 11.5 Å². The lowest BCUT2D eigenvalue weighted by molar-refractivity contribution is 0.477. The van der Waals surface area contributed by atoms with Crippen LogP contribution in [0.3, 0.4) is 0 Å².